The summed E-state index contributed by atoms with van der Waals surface area (Å²) in [5, 5.41) is 0. The first-order chi connectivity index (χ1) is 7.52. The summed E-state index contributed by atoms with van der Waals surface area (Å²) in [6.07, 6.45) is 5.41. The van der Waals surface area contributed by atoms with E-state index in [9.17, 15) is 9.59 Å². The average molecular weight is 226 g/mol. The van der Waals surface area contributed by atoms with Crippen molar-refractivity contribution in [3.05, 3.63) is 11.6 Å². The van der Waals surface area contributed by atoms with Gasteiger partial charge in [0, 0.05) is 6.42 Å². The van der Waals surface area contributed by atoms with Crippen LogP contribution in [0.2, 0.25) is 0 Å². The fourth-order valence-electron chi connectivity index (χ4n) is 1.66. The van der Waals surface area contributed by atoms with Crippen molar-refractivity contribution in [3.8, 4) is 0 Å². The van der Waals surface area contributed by atoms with Gasteiger partial charge in [-0.3, -0.25) is 9.59 Å². The van der Waals surface area contributed by atoms with E-state index in [0.717, 1.165) is 18.4 Å². The van der Waals surface area contributed by atoms with Gasteiger partial charge in [-0.1, -0.05) is 31.9 Å². The van der Waals surface area contributed by atoms with Crippen LogP contribution in [0.4, 0.5) is 0 Å². The summed E-state index contributed by atoms with van der Waals surface area (Å²) < 4.78 is 0. The zero-order valence-electron chi connectivity index (χ0n) is 10.2. The van der Waals surface area contributed by atoms with Gasteiger partial charge in [-0.15, -0.1) is 0 Å². The topological polar surface area (TPSA) is 86.2 Å². The first kappa shape index (κ1) is 14.7. The quantitative estimate of drug-likeness (QED) is 0.614. The van der Waals surface area contributed by atoms with E-state index in [1.807, 2.05) is 13.0 Å². The first-order valence-corrected chi connectivity index (χ1v) is 5.79. The predicted octanol–water partition coefficient (Wildman–Crippen LogP) is 1.49. The molecule has 0 rings (SSSR count). The second kappa shape index (κ2) is 7.91. The summed E-state index contributed by atoms with van der Waals surface area (Å²) in [5.74, 6) is -0.929. The highest BCUT2D eigenvalue weighted by Crippen LogP contribution is 2.20. The minimum atomic E-state index is -0.346. The lowest BCUT2D eigenvalue weighted by atomic mass is 9.91. The SMILES string of the molecule is CCCC=C(CCC(N)=O)C(CC)C(N)=O. The van der Waals surface area contributed by atoms with E-state index < -0.39 is 0 Å². The maximum atomic E-state index is 11.2. The lowest BCUT2D eigenvalue weighted by molar-refractivity contribution is -0.121. The molecule has 0 aromatic carbocycles. The highest BCUT2D eigenvalue weighted by Gasteiger charge is 2.18. The van der Waals surface area contributed by atoms with Crippen molar-refractivity contribution in [2.75, 3.05) is 0 Å². The van der Waals surface area contributed by atoms with Gasteiger partial charge in [0.25, 0.3) is 0 Å². The van der Waals surface area contributed by atoms with E-state index in [1.54, 1.807) is 0 Å². The second-order valence-electron chi connectivity index (χ2n) is 3.90. The van der Waals surface area contributed by atoms with Crippen molar-refractivity contribution in [3.63, 3.8) is 0 Å². The van der Waals surface area contributed by atoms with Crippen LogP contribution >= 0.6 is 0 Å². The Morgan fingerprint density at radius 2 is 1.81 bits per heavy atom. The Bertz CT molecular complexity index is 272. The smallest absolute Gasteiger partial charge is 0.224 e. The van der Waals surface area contributed by atoms with Crippen LogP contribution in [0.5, 0.6) is 0 Å². The van der Waals surface area contributed by atoms with Crippen molar-refractivity contribution in [2.45, 2.75) is 46.0 Å². The maximum Gasteiger partial charge on any atom is 0.224 e. The minimum Gasteiger partial charge on any atom is -0.370 e. The molecule has 0 aliphatic carbocycles. The zero-order valence-corrected chi connectivity index (χ0v) is 10.2. The second-order valence-corrected chi connectivity index (χ2v) is 3.90. The lowest BCUT2D eigenvalue weighted by Crippen LogP contribution is -2.25. The van der Waals surface area contributed by atoms with Crippen LogP contribution in [-0.4, -0.2) is 11.8 Å². The Balaban J connectivity index is 4.63. The van der Waals surface area contributed by atoms with E-state index in [0.29, 0.717) is 12.8 Å². The molecule has 0 radical (unpaired) electrons. The van der Waals surface area contributed by atoms with Gasteiger partial charge in [0.2, 0.25) is 11.8 Å². The molecule has 0 fully saturated rings. The molecular weight excluding hydrogens is 204 g/mol. The number of hydrogen-bond acceptors (Lipinski definition) is 2. The molecule has 0 aromatic heterocycles. The molecular formula is C12H22N2O2. The zero-order chi connectivity index (χ0) is 12.6. The number of rotatable bonds is 8. The molecule has 1 unspecified atom stereocenters. The number of hydrogen-bond donors (Lipinski definition) is 2. The molecule has 0 aliphatic heterocycles. The van der Waals surface area contributed by atoms with E-state index in [1.165, 1.54) is 0 Å². The van der Waals surface area contributed by atoms with Crippen LogP contribution in [0.3, 0.4) is 0 Å². The Labute approximate surface area is 97.1 Å². The summed E-state index contributed by atoms with van der Waals surface area (Å²) in [6, 6.07) is 0. The third-order valence-electron chi connectivity index (χ3n) is 2.55. The van der Waals surface area contributed by atoms with E-state index in [-0.39, 0.29) is 24.2 Å². The highest BCUT2D eigenvalue weighted by atomic mass is 16.1. The Kier molecular flexibility index (Phi) is 7.25. The number of allylic oxidation sites excluding steroid dienone is 1. The third kappa shape index (κ3) is 5.53. The standard InChI is InChI=1S/C12H22N2O2/c1-3-5-6-9(7-8-11(13)15)10(4-2)12(14)16/h6,10H,3-5,7-8H2,1-2H3,(H2,13,15)(H2,14,16). The number of unbranched alkanes of at least 4 members (excludes halogenated alkanes) is 1. The van der Waals surface area contributed by atoms with Gasteiger partial charge < -0.3 is 11.5 Å². The molecule has 0 aromatic rings. The Morgan fingerprint density at radius 1 is 1.19 bits per heavy atom. The van der Waals surface area contributed by atoms with Crippen LogP contribution in [0.1, 0.15) is 46.0 Å². The fourth-order valence-corrected chi connectivity index (χ4v) is 1.66. The summed E-state index contributed by atoms with van der Waals surface area (Å²) >= 11 is 0. The number of primary amides is 2. The van der Waals surface area contributed by atoms with Crippen LogP contribution < -0.4 is 11.5 Å². The normalized spacial score (nSPS) is 13.5. The van der Waals surface area contributed by atoms with Crippen molar-refractivity contribution in [1.82, 2.24) is 0 Å². The average Bonchev–Trinajstić information content (AvgIpc) is 2.21. The number of carbonyl (C=O) groups is 2. The summed E-state index contributed by atoms with van der Waals surface area (Å²) in [7, 11) is 0. The number of nitrogens with two attached hydrogens (primary N) is 2. The lowest BCUT2D eigenvalue weighted by Gasteiger charge is -2.15. The van der Waals surface area contributed by atoms with E-state index in [4.69, 9.17) is 11.5 Å². The van der Waals surface area contributed by atoms with Gasteiger partial charge in [0.05, 0.1) is 5.92 Å². The van der Waals surface area contributed by atoms with Crippen molar-refractivity contribution in [2.24, 2.45) is 17.4 Å². The van der Waals surface area contributed by atoms with Gasteiger partial charge in [-0.2, -0.15) is 0 Å². The van der Waals surface area contributed by atoms with Crippen LogP contribution in [0, 0.1) is 5.92 Å². The first-order valence-electron chi connectivity index (χ1n) is 5.79. The fraction of sp³-hybridized carbons (Fsp3) is 0.667. The van der Waals surface area contributed by atoms with E-state index in [2.05, 4.69) is 6.92 Å². The Hall–Kier alpha value is -1.32. The van der Waals surface area contributed by atoms with Gasteiger partial charge in [-0.25, -0.2) is 0 Å². The molecule has 1 atom stereocenters. The highest BCUT2D eigenvalue weighted by molar-refractivity contribution is 5.80. The monoisotopic (exact) mass is 226 g/mol. The van der Waals surface area contributed by atoms with Gasteiger partial charge in [0.1, 0.15) is 0 Å². The van der Waals surface area contributed by atoms with Gasteiger partial charge in [-0.05, 0) is 19.3 Å². The predicted molar refractivity (Wildman–Crippen MR) is 64.4 cm³/mol. The van der Waals surface area contributed by atoms with Gasteiger partial charge >= 0.3 is 0 Å². The summed E-state index contributed by atoms with van der Waals surface area (Å²) in [5.41, 5.74) is 11.4. The minimum absolute atomic E-state index is 0.258. The van der Waals surface area contributed by atoms with Crippen molar-refractivity contribution >= 4 is 11.8 Å². The van der Waals surface area contributed by atoms with Crippen molar-refractivity contribution < 1.29 is 9.59 Å². The molecule has 4 heteroatoms. The molecule has 16 heavy (non-hydrogen) atoms. The third-order valence-corrected chi connectivity index (χ3v) is 2.55. The molecule has 92 valence electrons. The van der Waals surface area contributed by atoms with Crippen LogP contribution in [0.15, 0.2) is 11.6 Å². The molecule has 0 saturated heterocycles. The van der Waals surface area contributed by atoms with Crippen LogP contribution in [0.25, 0.3) is 0 Å². The molecule has 4 N–H and O–H groups in total. The maximum absolute atomic E-state index is 11.2. The largest absolute Gasteiger partial charge is 0.370 e. The molecule has 0 saturated carbocycles. The summed E-state index contributed by atoms with van der Waals surface area (Å²) in [4.78, 5) is 22.0. The molecule has 0 aliphatic rings. The molecule has 0 spiro atoms. The van der Waals surface area contributed by atoms with Crippen LogP contribution in [-0.2, 0) is 9.59 Å². The Morgan fingerprint density at radius 3 is 2.19 bits per heavy atom. The van der Waals surface area contributed by atoms with Crippen molar-refractivity contribution in [1.29, 1.82) is 0 Å². The summed E-state index contributed by atoms with van der Waals surface area (Å²) in [6.45, 7) is 3.98. The molecule has 2 amide bonds. The number of carbonyl (C=O) groups excluding carboxylic acids is 2. The molecule has 0 bridgehead atoms. The molecule has 0 heterocycles. The molecule has 4 nitrogen and oxygen atoms in total. The van der Waals surface area contributed by atoms with Gasteiger partial charge in [0.15, 0.2) is 0 Å². The number of amides is 2. The van der Waals surface area contributed by atoms with E-state index >= 15 is 0 Å².